The van der Waals surface area contributed by atoms with E-state index in [1.165, 1.54) is 0 Å². The summed E-state index contributed by atoms with van der Waals surface area (Å²) in [6.45, 7) is 2.92. The number of benzene rings is 4. The second kappa shape index (κ2) is 16.7. The first kappa shape index (κ1) is 35.1. The van der Waals surface area contributed by atoms with E-state index in [9.17, 15) is 14.9 Å². The lowest BCUT2D eigenvalue weighted by Crippen LogP contribution is -2.47. The minimum absolute atomic E-state index is 0.0864. The van der Waals surface area contributed by atoms with E-state index in [2.05, 4.69) is 21.6 Å². The van der Waals surface area contributed by atoms with Crippen molar-refractivity contribution in [1.82, 2.24) is 15.5 Å². The number of alkyl carbamates (subject to hydrolysis) is 1. The Bertz CT molecular complexity index is 1820. The minimum Gasteiger partial charge on any atom is -0.445 e. The molecule has 1 aromatic heterocycles. The van der Waals surface area contributed by atoms with Crippen LogP contribution in [0.4, 0.5) is 4.79 Å². The predicted octanol–water partition coefficient (Wildman–Crippen LogP) is 6.85. The average Bonchev–Trinajstić information content (AvgIpc) is 3.62. The highest BCUT2D eigenvalue weighted by molar-refractivity contribution is 7.97. The molecule has 2 atom stereocenters. The van der Waals surface area contributed by atoms with Crippen molar-refractivity contribution >= 4 is 40.0 Å². The summed E-state index contributed by atoms with van der Waals surface area (Å²) < 4.78 is 11.8. The maximum absolute atomic E-state index is 14.8. The first-order valence-corrected chi connectivity index (χ1v) is 18.4. The molecule has 0 saturated heterocycles. The van der Waals surface area contributed by atoms with Crippen LogP contribution in [0.5, 0.6) is 0 Å². The third-order valence-corrected chi connectivity index (χ3v) is 12.6. The number of hydrogen-bond donors (Lipinski definition) is 1. The Balaban J connectivity index is 1.51. The second-order valence-corrected chi connectivity index (χ2v) is 15.4. The van der Waals surface area contributed by atoms with Gasteiger partial charge in [-0.3, -0.25) is 4.79 Å². The number of unbranched alkanes of at least 4 members (excludes halogenated alkanes) is 1. The molecule has 4 aromatic carbocycles. The molecule has 5 aromatic rings. The number of amides is 1. The van der Waals surface area contributed by atoms with E-state index < -0.39 is 30.9 Å². The number of Topliss-reactive ketones (excluding diaryl/α,β-unsaturated/α-hetero) is 1. The lowest BCUT2D eigenvalue weighted by Gasteiger charge is -2.31. The van der Waals surface area contributed by atoms with Crippen molar-refractivity contribution < 1.29 is 18.7 Å². The maximum Gasteiger partial charge on any atom is 0.408 e. The van der Waals surface area contributed by atoms with E-state index in [0.717, 1.165) is 27.9 Å². The first-order valence-electron chi connectivity index (χ1n) is 16.6. The van der Waals surface area contributed by atoms with Gasteiger partial charge in [0.05, 0.1) is 12.5 Å². The molecule has 9 heteroatoms. The Morgan fingerprint density at radius 3 is 1.80 bits per heavy atom. The van der Waals surface area contributed by atoms with E-state index in [4.69, 9.17) is 9.15 Å². The molecule has 0 aliphatic carbocycles. The van der Waals surface area contributed by atoms with Crippen molar-refractivity contribution in [2.45, 2.75) is 58.6 Å². The molecule has 250 valence electrons. The van der Waals surface area contributed by atoms with E-state index in [-0.39, 0.29) is 17.6 Å². The molecule has 49 heavy (non-hydrogen) atoms. The number of ketones is 1. The van der Waals surface area contributed by atoms with Gasteiger partial charge in [-0.15, -0.1) is 10.2 Å². The van der Waals surface area contributed by atoms with Gasteiger partial charge in [0.2, 0.25) is 11.8 Å². The van der Waals surface area contributed by atoms with Crippen molar-refractivity contribution in [3.8, 4) is 17.5 Å². The molecule has 0 fully saturated rings. The van der Waals surface area contributed by atoms with Gasteiger partial charge >= 0.3 is 6.09 Å². The van der Waals surface area contributed by atoms with Gasteiger partial charge in [-0.1, -0.05) is 143 Å². The highest BCUT2D eigenvalue weighted by Gasteiger charge is 2.37. The first-order chi connectivity index (χ1) is 23.9. The van der Waals surface area contributed by atoms with Crippen molar-refractivity contribution in [2.24, 2.45) is 5.92 Å². The van der Waals surface area contributed by atoms with E-state index in [0.29, 0.717) is 24.6 Å². The number of nitrogens with one attached hydrogen (secondary N) is 1. The van der Waals surface area contributed by atoms with Crippen molar-refractivity contribution in [3.05, 3.63) is 127 Å². The number of rotatable bonds is 14. The number of aromatic nitrogens is 2. The summed E-state index contributed by atoms with van der Waals surface area (Å²) in [5.74, 6) is 0.224. The van der Waals surface area contributed by atoms with E-state index in [1.54, 1.807) is 0 Å². The summed E-state index contributed by atoms with van der Waals surface area (Å²) in [7, 11) is 0. The van der Waals surface area contributed by atoms with E-state index in [1.807, 2.05) is 142 Å². The van der Waals surface area contributed by atoms with Gasteiger partial charge in [-0.25, -0.2) is 4.79 Å². The molecule has 1 heterocycles. The highest BCUT2D eigenvalue weighted by atomic mass is 31.2. The number of carbonyl (C=O) groups is 2. The Kier molecular flexibility index (Phi) is 12.0. The zero-order valence-corrected chi connectivity index (χ0v) is 28.9. The molecule has 1 amide bonds. The van der Waals surface area contributed by atoms with Crippen LogP contribution in [-0.4, -0.2) is 39.5 Å². The van der Waals surface area contributed by atoms with Crippen LogP contribution in [0.15, 0.2) is 126 Å². The van der Waals surface area contributed by atoms with Gasteiger partial charge in [-0.05, 0) is 47.3 Å². The third-order valence-electron chi connectivity index (χ3n) is 8.43. The van der Waals surface area contributed by atoms with Crippen LogP contribution < -0.4 is 21.2 Å². The summed E-state index contributed by atoms with van der Waals surface area (Å²) >= 11 is 0. The molecule has 8 nitrogen and oxygen atoms in total. The van der Waals surface area contributed by atoms with Crippen molar-refractivity contribution in [1.29, 1.82) is 5.26 Å². The van der Waals surface area contributed by atoms with Crippen LogP contribution in [0.25, 0.3) is 11.5 Å². The standard InChI is InChI=1S/C40H41N4O4P/c1-4-5-26-34(42-40(46)47-35(29(2)3)27-37-43-44-39(48-37)30-18-10-6-11-19-30)38(45)36(28-41)49(31-20-12-7-13-21-31,32-22-14-8-15-23-32)33-24-16-9-17-25-33/h6-25,29,34-35H,4-5,26-27H2,1-3H3,(H,42,46)/t34-,35-/m0/s1. The zero-order chi connectivity index (χ0) is 34.6. The summed E-state index contributed by atoms with van der Waals surface area (Å²) in [4.78, 5) is 28.4. The smallest absolute Gasteiger partial charge is 0.408 e. The summed E-state index contributed by atoms with van der Waals surface area (Å²) in [6, 6.07) is 40.1. The topological polar surface area (TPSA) is 118 Å². The van der Waals surface area contributed by atoms with Gasteiger partial charge < -0.3 is 14.5 Å². The molecule has 0 spiro atoms. The quantitative estimate of drug-likeness (QED) is 0.128. The molecule has 0 aliphatic heterocycles. The van der Waals surface area contributed by atoms with Gasteiger partial charge in [0.15, 0.2) is 5.78 Å². The number of hydrogen-bond acceptors (Lipinski definition) is 7. The van der Waals surface area contributed by atoms with Crippen molar-refractivity contribution in [3.63, 3.8) is 0 Å². The molecule has 0 aliphatic rings. The van der Waals surface area contributed by atoms with Crippen LogP contribution >= 0.6 is 6.89 Å². The largest absolute Gasteiger partial charge is 0.445 e. The average molecular weight is 673 g/mol. The maximum atomic E-state index is 14.8. The highest BCUT2D eigenvalue weighted by Crippen LogP contribution is 2.46. The lowest BCUT2D eigenvalue weighted by molar-refractivity contribution is -0.114. The molecule has 0 saturated carbocycles. The van der Waals surface area contributed by atoms with Gasteiger partial charge in [0.25, 0.3) is 0 Å². The Labute approximate surface area is 288 Å². The fraction of sp³-hybridized carbons (Fsp3) is 0.250. The monoisotopic (exact) mass is 672 g/mol. The Morgan fingerprint density at radius 1 is 0.816 bits per heavy atom. The molecule has 0 unspecified atom stereocenters. The zero-order valence-electron chi connectivity index (χ0n) is 28.0. The van der Waals surface area contributed by atoms with E-state index >= 15 is 0 Å². The lowest BCUT2D eigenvalue weighted by atomic mass is 10.0. The summed E-state index contributed by atoms with van der Waals surface area (Å²) in [6.07, 6.45) is 0.685. The third kappa shape index (κ3) is 8.08. The predicted molar refractivity (Wildman–Crippen MR) is 196 cm³/mol. The molecule has 0 bridgehead atoms. The SMILES string of the molecule is CCCC[C@H](NC(=O)O[C@@H](Cc1nnc(-c2ccccc2)o1)C(C)C)C(=O)C(C#N)=P(c1ccccc1)(c1ccccc1)c1ccccc1. The Morgan fingerprint density at radius 2 is 1.33 bits per heavy atom. The van der Waals surface area contributed by atoms with Crippen LogP contribution in [0.1, 0.15) is 45.9 Å². The molecule has 1 N–H and O–H groups in total. The van der Waals surface area contributed by atoms with Crippen molar-refractivity contribution in [2.75, 3.05) is 0 Å². The summed E-state index contributed by atoms with van der Waals surface area (Å²) in [5.41, 5.74) is 0.795. The second-order valence-electron chi connectivity index (χ2n) is 12.1. The van der Waals surface area contributed by atoms with Gasteiger partial charge in [0.1, 0.15) is 17.5 Å². The number of carbonyl (C=O) groups excluding carboxylic acids is 2. The normalized spacial score (nSPS) is 12.5. The molecule has 5 rings (SSSR count). The van der Waals surface area contributed by atoms with Crippen LogP contribution in [0.2, 0.25) is 0 Å². The summed E-state index contributed by atoms with van der Waals surface area (Å²) in [5, 5.41) is 24.9. The van der Waals surface area contributed by atoms with Gasteiger partial charge in [0, 0.05) is 5.56 Å². The fourth-order valence-corrected chi connectivity index (χ4v) is 10.0. The number of nitriles is 1. The van der Waals surface area contributed by atoms with Crippen LogP contribution in [0.3, 0.4) is 0 Å². The molecular weight excluding hydrogens is 631 g/mol. The van der Waals surface area contributed by atoms with Crippen LogP contribution in [-0.2, 0) is 16.0 Å². The number of ether oxygens (including phenoxy) is 1. The Hall–Kier alpha value is -5.25. The minimum atomic E-state index is -2.97. The van der Waals surface area contributed by atoms with Crippen LogP contribution in [0, 0.1) is 17.2 Å². The molecular formula is C40H41N4O4P. The fourth-order valence-electron chi connectivity index (χ4n) is 5.86. The van der Waals surface area contributed by atoms with Gasteiger partial charge in [-0.2, -0.15) is 5.26 Å². The molecule has 0 radical (unpaired) electrons. The number of nitrogens with zero attached hydrogens (tertiary/aromatic N) is 3.